The van der Waals surface area contributed by atoms with Crippen LogP contribution in [0.3, 0.4) is 0 Å². The van der Waals surface area contributed by atoms with Gasteiger partial charge in [-0.25, -0.2) is 0 Å². The first-order valence-electron chi connectivity index (χ1n) is 7.21. The Kier molecular flexibility index (Phi) is 4.12. The summed E-state index contributed by atoms with van der Waals surface area (Å²) >= 11 is 0. The molecule has 1 aliphatic rings. The molecule has 2 aromatic rings. The first-order valence-corrected chi connectivity index (χ1v) is 7.21. The normalized spacial score (nSPS) is 21.3. The summed E-state index contributed by atoms with van der Waals surface area (Å²) in [4.78, 5) is 26.0. The van der Waals surface area contributed by atoms with Crippen molar-refractivity contribution in [3.63, 3.8) is 0 Å². The second-order valence-electron chi connectivity index (χ2n) is 5.47. The third-order valence-electron chi connectivity index (χ3n) is 3.85. The molecule has 1 aromatic carbocycles. The largest absolute Gasteiger partial charge is 0.363 e. The Balaban J connectivity index is 1.88. The van der Waals surface area contributed by atoms with Gasteiger partial charge in [0.25, 0.3) is 5.91 Å². The van der Waals surface area contributed by atoms with Crippen molar-refractivity contribution in [1.82, 2.24) is 10.1 Å². The van der Waals surface area contributed by atoms with E-state index in [1.807, 2.05) is 31.2 Å². The van der Waals surface area contributed by atoms with Crippen molar-refractivity contribution in [2.75, 3.05) is 19.0 Å². The van der Waals surface area contributed by atoms with Crippen LogP contribution in [0.2, 0.25) is 0 Å². The molecule has 7 nitrogen and oxygen atoms in total. The number of likely N-dealkylation sites (N-methyl/N-ethyl adjacent to an activating group) is 1. The third kappa shape index (κ3) is 3.09. The van der Waals surface area contributed by atoms with Crippen LogP contribution in [-0.4, -0.2) is 41.6 Å². The number of aryl methyl sites for hydroxylation is 1. The fraction of sp³-hybridized carbons (Fsp3) is 0.312. The van der Waals surface area contributed by atoms with E-state index in [0.717, 1.165) is 11.1 Å². The number of anilines is 1. The van der Waals surface area contributed by atoms with Gasteiger partial charge in [-0.15, -0.1) is 0 Å². The second kappa shape index (κ2) is 6.21. The number of hydrogen-bond donors (Lipinski definition) is 1. The fourth-order valence-corrected chi connectivity index (χ4v) is 2.57. The van der Waals surface area contributed by atoms with Gasteiger partial charge in [-0.05, 0) is 12.5 Å². The van der Waals surface area contributed by atoms with E-state index in [0.29, 0.717) is 5.82 Å². The maximum Gasteiger partial charge on any atom is 0.257 e. The summed E-state index contributed by atoms with van der Waals surface area (Å²) in [5, 5.41) is 6.28. The number of ether oxygens (including phenoxy) is 1. The first-order chi connectivity index (χ1) is 11.1. The van der Waals surface area contributed by atoms with Crippen molar-refractivity contribution < 1.29 is 18.8 Å². The van der Waals surface area contributed by atoms with Gasteiger partial charge in [-0.3, -0.25) is 9.59 Å². The molecule has 0 aliphatic carbocycles. The average molecular weight is 315 g/mol. The van der Waals surface area contributed by atoms with E-state index in [-0.39, 0.29) is 18.4 Å². The number of nitrogens with zero attached hydrogens (tertiary/aromatic N) is 2. The molecule has 0 unspecified atom stereocenters. The van der Waals surface area contributed by atoms with E-state index < -0.39 is 12.1 Å². The van der Waals surface area contributed by atoms with E-state index in [9.17, 15) is 9.59 Å². The van der Waals surface area contributed by atoms with Gasteiger partial charge < -0.3 is 19.5 Å². The highest BCUT2D eigenvalue weighted by Gasteiger charge is 2.40. The predicted molar refractivity (Wildman–Crippen MR) is 81.6 cm³/mol. The molecular formula is C16H17N3O4. The van der Waals surface area contributed by atoms with Gasteiger partial charge in [0, 0.05) is 13.1 Å². The minimum Gasteiger partial charge on any atom is -0.363 e. The summed E-state index contributed by atoms with van der Waals surface area (Å²) in [6.07, 6.45) is 0.543. The van der Waals surface area contributed by atoms with E-state index in [1.165, 1.54) is 12.3 Å². The number of benzene rings is 1. The number of carbonyl (C=O) groups excluding carboxylic acids is 2. The van der Waals surface area contributed by atoms with E-state index >= 15 is 0 Å². The molecule has 2 atom stereocenters. The average Bonchev–Trinajstić information content (AvgIpc) is 3.04. The Morgan fingerprint density at radius 3 is 2.70 bits per heavy atom. The van der Waals surface area contributed by atoms with E-state index in [4.69, 9.17) is 9.26 Å². The molecular weight excluding hydrogens is 298 g/mol. The van der Waals surface area contributed by atoms with Crippen molar-refractivity contribution in [1.29, 1.82) is 0 Å². The Labute approximate surface area is 133 Å². The predicted octanol–water partition coefficient (Wildman–Crippen LogP) is 1.52. The summed E-state index contributed by atoms with van der Waals surface area (Å²) < 4.78 is 10.2. The summed E-state index contributed by atoms with van der Waals surface area (Å²) in [5.74, 6) is -0.231. The summed E-state index contributed by atoms with van der Waals surface area (Å²) in [5.41, 5.74) is 1.94. The molecule has 1 aromatic heterocycles. The van der Waals surface area contributed by atoms with Crippen molar-refractivity contribution in [2.45, 2.75) is 19.1 Å². The second-order valence-corrected chi connectivity index (χ2v) is 5.47. The highest BCUT2D eigenvalue weighted by Crippen LogP contribution is 2.30. The zero-order valence-electron chi connectivity index (χ0n) is 12.9. The number of amides is 2. The SMILES string of the molecule is Cc1ccc([C@H]2[C@@H](C(=O)Nc3ccon3)OCC(=O)N2C)cc1. The Bertz CT molecular complexity index is 697. The Morgan fingerprint density at radius 2 is 2.04 bits per heavy atom. The number of rotatable bonds is 3. The molecule has 1 saturated heterocycles. The first kappa shape index (κ1) is 15.2. The van der Waals surface area contributed by atoms with Crippen LogP contribution in [0.5, 0.6) is 0 Å². The monoisotopic (exact) mass is 315 g/mol. The minimum absolute atomic E-state index is 0.129. The van der Waals surface area contributed by atoms with Crippen LogP contribution >= 0.6 is 0 Å². The number of aromatic nitrogens is 1. The molecule has 2 heterocycles. The van der Waals surface area contributed by atoms with Crippen LogP contribution in [0, 0.1) is 6.92 Å². The van der Waals surface area contributed by atoms with Crippen LogP contribution in [-0.2, 0) is 14.3 Å². The van der Waals surface area contributed by atoms with Crippen LogP contribution in [0.25, 0.3) is 0 Å². The van der Waals surface area contributed by atoms with E-state index in [2.05, 4.69) is 10.5 Å². The van der Waals surface area contributed by atoms with Gasteiger partial charge in [-0.2, -0.15) is 0 Å². The minimum atomic E-state index is -0.822. The molecule has 0 saturated carbocycles. The summed E-state index contributed by atoms with van der Waals surface area (Å²) in [7, 11) is 1.67. The molecule has 3 rings (SSSR count). The van der Waals surface area contributed by atoms with Crippen LogP contribution in [0.4, 0.5) is 5.82 Å². The zero-order valence-corrected chi connectivity index (χ0v) is 12.9. The summed E-state index contributed by atoms with van der Waals surface area (Å²) in [6, 6.07) is 8.72. The third-order valence-corrected chi connectivity index (χ3v) is 3.85. The molecule has 1 N–H and O–H groups in total. The zero-order chi connectivity index (χ0) is 16.4. The molecule has 0 spiro atoms. The topological polar surface area (TPSA) is 84.7 Å². The van der Waals surface area contributed by atoms with Gasteiger partial charge in [0.05, 0.1) is 6.04 Å². The fourth-order valence-electron chi connectivity index (χ4n) is 2.57. The van der Waals surface area contributed by atoms with Crippen LogP contribution in [0.15, 0.2) is 41.1 Å². The molecule has 1 aliphatic heterocycles. The molecule has 0 radical (unpaired) electrons. The molecule has 7 heteroatoms. The Hall–Kier alpha value is -2.67. The quantitative estimate of drug-likeness (QED) is 0.928. The van der Waals surface area contributed by atoms with Crippen molar-refractivity contribution in [3.05, 3.63) is 47.7 Å². The van der Waals surface area contributed by atoms with Gasteiger partial charge in [0.15, 0.2) is 11.9 Å². The lowest BCUT2D eigenvalue weighted by atomic mass is 9.97. The summed E-state index contributed by atoms with van der Waals surface area (Å²) in [6.45, 7) is 1.85. The lowest BCUT2D eigenvalue weighted by Gasteiger charge is -2.38. The van der Waals surface area contributed by atoms with Gasteiger partial charge in [0.1, 0.15) is 12.9 Å². The van der Waals surface area contributed by atoms with Gasteiger partial charge in [0.2, 0.25) is 5.91 Å². The number of nitrogens with one attached hydrogen (secondary N) is 1. The van der Waals surface area contributed by atoms with Crippen molar-refractivity contribution in [2.24, 2.45) is 0 Å². The lowest BCUT2D eigenvalue weighted by Crippen LogP contribution is -2.51. The highest BCUT2D eigenvalue weighted by atomic mass is 16.5. The molecule has 2 amide bonds. The maximum atomic E-state index is 12.5. The van der Waals surface area contributed by atoms with Crippen molar-refractivity contribution in [3.8, 4) is 0 Å². The molecule has 120 valence electrons. The number of hydrogen-bond acceptors (Lipinski definition) is 5. The Morgan fingerprint density at radius 1 is 1.30 bits per heavy atom. The lowest BCUT2D eigenvalue weighted by molar-refractivity contribution is -0.160. The molecule has 23 heavy (non-hydrogen) atoms. The maximum absolute atomic E-state index is 12.5. The molecule has 0 bridgehead atoms. The molecule has 1 fully saturated rings. The van der Waals surface area contributed by atoms with Crippen LogP contribution < -0.4 is 5.32 Å². The van der Waals surface area contributed by atoms with Crippen molar-refractivity contribution >= 4 is 17.6 Å². The standard InChI is InChI=1S/C16H17N3O4/c1-10-3-5-11(6-4-10)14-15(22-9-13(20)19(14)2)16(21)17-12-7-8-23-18-12/h3-8,14-15H,9H2,1-2H3,(H,17,18,21)/t14-,15-/m0/s1. The smallest absolute Gasteiger partial charge is 0.257 e. The van der Waals surface area contributed by atoms with Gasteiger partial charge in [-0.1, -0.05) is 35.0 Å². The number of carbonyl (C=O) groups is 2. The highest BCUT2D eigenvalue weighted by molar-refractivity contribution is 5.95. The van der Waals surface area contributed by atoms with Gasteiger partial charge >= 0.3 is 0 Å². The number of morpholine rings is 1. The van der Waals surface area contributed by atoms with Crippen LogP contribution in [0.1, 0.15) is 17.2 Å². The van der Waals surface area contributed by atoms with E-state index in [1.54, 1.807) is 11.9 Å².